The number of aromatic nitrogens is 1. The number of thiazole rings is 1. The van der Waals surface area contributed by atoms with Gasteiger partial charge in [0.2, 0.25) is 0 Å². The predicted octanol–water partition coefficient (Wildman–Crippen LogP) is 4.16. The lowest BCUT2D eigenvalue weighted by molar-refractivity contribution is 0.487. The number of benzene rings is 1. The maximum atomic E-state index is 5.99. The van der Waals surface area contributed by atoms with Gasteiger partial charge in [-0.25, -0.2) is 4.98 Å². The first-order valence-corrected chi connectivity index (χ1v) is 7.21. The summed E-state index contributed by atoms with van der Waals surface area (Å²) >= 11 is 7.63. The van der Waals surface area contributed by atoms with E-state index >= 15 is 0 Å². The summed E-state index contributed by atoms with van der Waals surface area (Å²) in [4.78, 5) is 4.52. The van der Waals surface area contributed by atoms with E-state index in [0.29, 0.717) is 5.02 Å². The minimum Gasteiger partial charge on any atom is -0.459 e. The summed E-state index contributed by atoms with van der Waals surface area (Å²) < 4.78 is 5.88. The maximum Gasteiger partial charge on any atom is 0.134 e. The summed E-state index contributed by atoms with van der Waals surface area (Å²) in [5.74, 6) is 0.852. The van der Waals surface area contributed by atoms with Crippen molar-refractivity contribution in [3.63, 3.8) is 0 Å². The highest BCUT2D eigenvalue weighted by Crippen LogP contribution is 2.30. The van der Waals surface area contributed by atoms with Crippen LogP contribution in [0.5, 0.6) is 0 Å². The van der Waals surface area contributed by atoms with Crippen LogP contribution in [0.1, 0.15) is 22.5 Å². The van der Waals surface area contributed by atoms with Crippen molar-refractivity contribution < 1.29 is 4.42 Å². The molecule has 1 N–H and O–H groups in total. The van der Waals surface area contributed by atoms with Crippen LogP contribution in [-0.2, 0) is 0 Å². The van der Waals surface area contributed by atoms with E-state index in [-0.39, 0.29) is 6.04 Å². The molecule has 0 aliphatic rings. The minimum atomic E-state index is -0.0314. The van der Waals surface area contributed by atoms with Gasteiger partial charge in [0, 0.05) is 15.8 Å². The largest absolute Gasteiger partial charge is 0.459 e. The standard InChI is InChI=1S/C14H13ClN2OS/c1-8-17-11(7-19-8)14(16-2)13-6-9-5-10(15)3-4-12(9)18-13/h3-7,14,16H,1-2H3. The van der Waals surface area contributed by atoms with Crippen molar-refractivity contribution in [2.24, 2.45) is 0 Å². The smallest absolute Gasteiger partial charge is 0.134 e. The van der Waals surface area contributed by atoms with Crippen LogP contribution in [0.4, 0.5) is 0 Å². The van der Waals surface area contributed by atoms with Gasteiger partial charge in [0.25, 0.3) is 0 Å². The van der Waals surface area contributed by atoms with Crippen molar-refractivity contribution in [1.82, 2.24) is 10.3 Å². The fraction of sp³-hybridized carbons (Fsp3) is 0.214. The Morgan fingerprint density at radius 3 is 2.89 bits per heavy atom. The monoisotopic (exact) mass is 292 g/mol. The van der Waals surface area contributed by atoms with Gasteiger partial charge >= 0.3 is 0 Å². The second-order valence-corrected chi connectivity index (χ2v) is 5.84. The van der Waals surface area contributed by atoms with Crippen LogP contribution in [0, 0.1) is 6.92 Å². The summed E-state index contributed by atoms with van der Waals surface area (Å²) in [6.07, 6.45) is 0. The number of rotatable bonds is 3. The average Bonchev–Trinajstić information content (AvgIpc) is 2.96. The lowest BCUT2D eigenvalue weighted by Crippen LogP contribution is -2.17. The molecule has 2 heterocycles. The molecule has 2 aromatic heterocycles. The van der Waals surface area contributed by atoms with E-state index in [1.807, 2.05) is 38.2 Å². The third-order valence-electron chi connectivity index (χ3n) is 3.00. The van der Waals surface area contributed by atoms with Crippen LogP contribution >= 0.6 is 22.9 Å². The molecule has 1 aromatic carbocycles. The van der Waals surface area contributed by atoms with Crippen LogP contribution in [0.2, 0.25) is 5.02 Å². The first-order valence-electron chi connectivity index (χ1n) is 5.95. The molecule has 3 rings (SSSR count). The molecule has 19 heavy (non-hydrogen) atoms. The van der Waals surface area contributed by atoms with Gasteiger partial charge in [-0.05, 0) is 38.2 Å². The number of halogens is 1. The van der Waals surface area contributed by atoms with Gasteiger partial charge in [0.15, 0.2) is 0 Å². The highest BCUT2D eigenvalue weighted by atomic mass is 35.5. The van der Waals surface area contributed by atoms with Crippen molar-refractivity contribution >= 4 is 33.9 Å². The Kier molecular flexibility index (Phi) is 3.31. The Morgan fingerprint density at radius 1 is 1.37 bits per heavy atom. The number of hydrogen-bond donors (Lipinski definition) is 1. The lowest BCUT2D eigenvalue weighted by atomic mass is 10.1. The van der Waals surface area contributed by atoms with E-state index in [4.69, 9.17) is 16.0 Å². The topological polar surface area (TPSA) is 38.1 Å². The fourth-order valence-electron chi connectivity index (χ4n) is 2.13. The molecule has 0 spiro atoms. The van der Waals surface area contributed by atoms with E-state index in [2.05, 4.69) is 15.7 Å². The molecule has 0 saturated heterocycles. The van der Waals surface area contributed by atoms with Gasteiger partial charge < -0.3 is 9.73 Å². The molecule has 0 radical (unpaired) electrons. The first kappa shape index (κ1) is 12.7. The zero-order valence-corrected chi connectivity index (χ0v) is 12.2. The van der Waals surface area contributed by atoms with Crippen molar-refractivity contribution in [3.8, 4) is 0 Å². The van der Waals surface area contributed by atoms with Crippen LogP contribution in [0.25, 0.3) is 11.0 Å². The maximum absolute atomic E-state index is 5.99. The Hall–Kier alpha value is -1.36. The molecule has 0 saturated carbocycles. The second-order valence-electron chi connectivity index (χ2n) is 4.34. The van der Waals surface area contributed by atoms with E-state index < -0.39 is 0 Å². The van der Waals surface area contributed by atoms with Gasteiger partial charge in [0.05, 0.1) is 10.7 Å². The van der Waals surface area contributed by atoms with Crippen LogP contribution in [-0.4, -0.2) is 12.0 Å². The Bertz CT molecular complexity index is 719. The third-order valence-corrected chi connectivity index (χ3v) is 4.03. The van der Waals surface area contributed by atoms with Gasteiger partial charge in [0.1, 0.15) is 17.4 Å². The van der Waals surface area contributed by atoms with Crippen LogP contribution in [0.3, 0.4) is 0 Å². The SMILES string of the molecule is CNC(c1csc(C)n1)c1cc2cc(Cl)ccc2o1. The molecule has 0 aliphatic heterocycles. The van der Waals surface area contributed by atoms with Crippen molar-refractivity contribution in [2.75, 3.05) is 7.05 Å². The normalized spacial score (nSPS) is 13.0. The minimum absolute atomic E-state index is 0.0314. The summed E-state index contributed by atoms with van der Waals surface area (Å²) in [5, 5.41) is 8.07. The van der Waals surface area contributed by atoms with Crippen molar-refractivity contribution in [1.29, 1.82) is 0 Å². The Balaban J connectivity index is 2.06. The average molecular weight is 293 g/mol. The Labute approximate surface area is 120 Å². The molecule has 1 unspecified atom stereocenters. The van der Waals surface area contributed by atoms with Crippen LogP contribution in [0.15, 0.2) is 34.1 Å². The summed E-state index contributed by atoms with van der Waals surface area (Å²) in [6.45, 7) is 2.00. The van der Waals surface area contributed by atoms with E-state index in [1.54, 1.807) is 11.3 Å². The molecule has 0 aliphatic carbocycles. The quantitative estimate of drug-likeness (QED) is 0.788. The van der Waals surface area contributed by atoms with Crippen LogP contribution < -0.4 is 5.32 Å². The highest BCUT2D eigenvalue weighted by molar-refractivity contribution is 7.09. The Morgan fingerprint density at radius 2 is 2.21 bits per heavy atom. The van der Waals surface area contributed by atoms with E-state index in [9.17, 15) is 0 Å². The number of furan rings is 1. The molecule has 0 fully saturated rings. The molecular weight excluding hydrogens is 280 g/mol. The fourth-order valence-corrected chi connectivity index (χ4v) is 2.94. The molecule has 3 nitrogen and oxygen atoms in total. The van der Waals surface area contributed by atoms with Gasteiger partial charge in [-0.1, -0.05) is 11.6 Å². The van der Waals surface area contributed by atoms with Gasteiger partial charge in [-0.3, -0.25) is 0 Å². The summed E-state index contributed by atoms with van der Waals surface area (Å²) in [6, 6.07) is 7.61. The molecule has 1 atom stereocenters. The van der Waals surface area contributed by atoms with Gasteiger partial charge in [-0.2, -0.15) is 0 Å². The molecular formula is C14H13ClN2OS. The number of hydrogen-bond acceptors (Lipinski definition) is 4. The molecule has 98 valence electrons. The lowest BCUT2D eigenvalue weighted by Gasteiger charge is -2.10. The first-order chi connectivity index (χ1) is 9.17. The van der Waals surface area contributed by atoms with Gasteiger partial charge in [-0.15, -0.1) is 11.3 Å². The van der Waals surface area contributed by atoms with Crippen molar-refractivity contribution in [2.45, 2.75) is 13.0 Å². The van der Waals surface area contributed by atoms with Crippen molar-refractivity contribution in [3.05, 3.63) is 51.1 Å². The third kappa shape index (κ3) is 2.39. The summed E-state index contributed by atoms with van der Waals surface area (Å²) in [7, 11) is 1.90. The zero-order chi connectivity index (χ0) is 13.4. The zero-order valence-electron chi connectivity index (χ0n) is 10.6. The van der Waals surface area contributed by atoms with E-state index in [0.717, 1.165) is 27.4 Å². The predicted molar refractivity (Wildman–Crippen MR) is 79.0 cm³/mol. The molecule has 5 heteroatoms. The molecule has 0 bridgehead atoms. The number of nitrogens with one attached hydrogen (secondary N) is 1. The highest BCUT2D eigenvalue weighted by Gasteiger charge is 2.19. The summed E-state index contributed by atoms with van der Waals surface area (Å²) in [5.41, 5.74) is 1.82. The second kappa shape index (κ2) is 4.96. The number of nitrogens with zero attached hydrogens (tertiary/aromatic N) is 1. The molecule has 3 aromatic rings. The van der Waals surface area contributed by atoms with E-state index in [1.165, 1.54) is 0 Å². The molecule has 0 amide bonds. The number of fused-ring (bicyclic) bond motifs is 1. The number of aryl methyl sites for hydroxylation is 1.